The van der Waals surface area contributed by atoms with Crippen LogP contribution in [0.1, 0.15) is 24.1 Å². The molecule has 0 saturated carbocycles. The number of aryl methyl sites for hydroxylation is 1. The van der Waals surface area contributed by atoms with Crippen molar-refractivity contribution in [3.8, 4) is 11.5 Å². The first-order chi connectivity index (χ1) is 8.10. The summed E-state index contributed by atoms with van der Waals surface area (Å²) in [6, 6.07) is 1.79. The molecule has 4 heteroatoms. The molecule has 0 aliphatic heterocycles. The molecule has 0 bridgehead atoms. The largest absolute Gasteiger partial charge is 0.496 e. The molecule has 0 aliphatic rings. The predicted molar refractivity (Wildman–Crippen MR) is 68.7 cm³/mol. The number of aromatic amines is 1. The quantitative estimate of drug-likeness (QED) is 0.857. The van der Waals surface area contributed by atoms with Crippen molar-refractivity contribution >= 4 is 10.9 Å². The van der Waals surface area contributed by atoms with Crippen LogP contribution in [0.15, 0.2) is 12.3 Å². The number of ether oxygens (including phenoxy) is 2. The van der Waals surface area contributed by atoms with Crippen LogP contribution in [-0.4, -0.2) is 19.2 Å². The van der Waals surface area contributed by atoms with Gasteiger partial charge in [0.1, 0.15) is 11.5 Å². The number of aromatic nitrogens is 1. The number of rotatable bonds is 3. The molecule has 2 rings (SSSR count). The lowest BCUT2D eigenvalue weighted by Crippen LogP contribution is -2.08. The first kappa shape index (κ1) is 11.8. The summed E-state index contributed by atoms with van der Waals surface area (Å²) in [7, 11) is 3.30. The molecule has 1 aromatic heterocycles. The molecule has 0 spiro atoms. The Morgan fingerprint density at radius 2 is 1.88 bits per heavy atom. The molecule has 3 N–H and O–H groups in total. The van der Waals surface area contributed by atoms with Gasteiger partial charge >= 0.3 is 0 Å². The zero-order chi connectivity index (χ0) is 12.6. The highest BCUT2D eigenvalue weighted by atomic mass is 16.5. The van der Waals surface area contributed by atoms with Crippen LogP contribution in [0.4, 0.5) is 0 Å². The second-order valence-electron chi connectivity index (χ2n) is 4.21. The number of H-pyrrole nitrogens is 1. The van der Waals surface area contributed by atoms with Gasteiger partial charge in [-0.15, -0.1) is 0 Å². The van der Waals surface area contributed by atoms with Gasteiger partial charge in [-0.25, -0.2) is 0 Å². The van der Waals surface area contributed by atoms with Crippen molar-refractivity contribution in [2.24, 2.45) is 5.73 Å². The molecule has 0 fully saturated rings. The van der Waals surface area contributed by atoms with Crippen LogP contribution in [0.25, 0.3) is 10.9 Å². The Morgan fingerprint density at radius 1 is 1.24 bits per heavy atom. The van der Waals surface area contributed by atoms with E-state index in [4.69, 9.17) is 15.2 Å². The molecular formula is C13H18N2O2. The summed E-state index contributed by atoms with van der Waals surface area (Å²) in [5.74, 6) is 1.56. The summed E-state index contributed by atoms with van der Waals surface area (Å²) in [5.41, 5.74) is 9.13. The van der Waals surface area contributed by atoms with Gasteiger partial charge < -0.3 is 20.2 Å². The second kappa shape index (κ2) is 4.30. The lowest BCUT2D eigenvalue weighted by atomic mass is 10.0. The Kier molecular flexibility index (Phi) is 2.98. The van der Waals surface area contributed by atoms with E-state index in [9.17, 15) is 0 Å². The minimum absolute atomic E-state index is 0.101. The van der Waals surface area contributed by atoms with E-state index in [2.05, 4.69) is 4.98 Å². The summed E-state index contributed by atoms with van der Waals surface area (Å²) in [4.78, 5) is 3.25. The van der Waals surface area contributed by atoms with Crippen molar-refractivity contribution in [1.29, 1.82) is 0 Å². The molecule has 4 nitrogen and oxygen atoms in total. The van der Waals surface area contributed by atoms with Gasteiger partial charge in [-0.1, -0.05) is 0 Å². The third kappa shape index (κ3) is 1.74. The Morgan fingerprint density at radius 3 is 2.41 bits per heavy atom. The monoisotopic (exact) mass is 234 g/mol. The average molecular weight is 234 g/mol. The molecular weight excluding hydrogens is 216 g/mol. The highest BCUT2D eigenvalue weighted by Gasteiger charge is 2.18. The number of fused-ring (bicyclic) bond motifs is 1. The fraction of sp³-hybridized carbons (Fsp3) is 0.385. The zero-order valence-corrected chi connectivity index (χ0v) is 10.6. The summed E-state index contributed by atoms with van der Waals surface area (Å²) < 4.78 is 10.8. The van der Waals surface area contributed by atoms with Crippen molar-refractivity contribution in [3.05, 3.63) is 23.4 Å². The van der Waals surface area contributed by atoms with E-state index in [0.717, 1.165) is 33.5 Å². The smallest absolute Gasteiger partial charge is 0.132 e. The van der Waals surface area contributed by atoms with Crippen molar-refractivity contribution in [1.82, 2.24) is 4.98 Å². The number of hydrogen-bond donors (Lipinski definition) is 2. The Bertz CT molecular complexity index is 544. The van der Waals surface area contributed by atoms with E-state index in [0.29, 0.717) is 0 Å². The average Bonchev–Trinajstić information content (AvgIpc) is 2.69. The third-order valence-corrected chi connectivity index (χ3v) is 3.02. The first-order valence-electron chi connectivity index (χ1n) is 5.58. The van der Waals surface area contributed by atoms with E-state index in [1.165, 1.54) is 0 Å². The first-order valence-corrected chi connectivity index (χ1v) is 5.58. The van der Waals surface area contributed by atoms with Crippen LogP contribution in [0.2, 0.25) is 0 Å². The van der Waals surface area contributed by atoms with E-state index >= 15 is 0 Å². The van der Waals surface area contributed by atoms with Gasteiger partial charge in [-0.3, -0.25) is 0 Å². The molecule has 1 heterocycles. The molecule has 2 aromatic rings. The van der Waals surface area contributed by atoms with Crippen molar-refractivity contribution in [2.75, 3.05) is 14.2 Å². The molecule has 1 unspecified atom stereocenters. The van der Waals surface area contributed by atoms with Gasteiger partial charge in [0.05, 0.1) is 19.7 Å². The van der Waals surface area contributed by atoms with Gasteiger partial charge in [0.25, 0.3) is 0 Å². The standard InChI is InChI=1S/C13H18N2O2/c1-7-6-15-13-11(7)9(16-3)5-10(17-4)12(13)8(2)14/h5-6,8,15H,14H2,1-4H3. The normalized spacial score (nSPS) is 12.8. The molecule has 0 amide bonds. The number of methoxy groups -OCH3 is 2. The van der Waals surface area contributed by atoms with Crippen LogP contribution >= 0.6 is 0 Å². The highest BCUT2D eigenvalue weighted by molar-refractivity contribution is 5.93. The zero-order valence-electron chi connectivity index (χ0n) is 10.6. The van der Waals surface area contributed by atoms with E-state index in [1.54, 1.807) is 14.2 Å². The molecule has 17 heavy (non-hydrogen) atoms. The van der Waals surface area contributed by atoms with Gasteiger partial charge in [-0.05, 0) is 19.4 Å². The number of nitrogens with two attached hydrogens (primary N) is 1. The van der Waals surface area contributed by atoms with Crippen LogP contribution in [0.3, 0.4) is 0 Å². The van der Waals surface area contributed by atoms with Gasteiger partial charge in [0.2, 0.25) is 0 Å². The highest BCUT2D eigenvalue weighted by Crippen LogP contribution is 2.39. The summed E-state index contributed by atoms with van der Waals surface area (Å²) >= 11 is 0. The maximum absolute atomic E-state index is 6.02. The van der Waals surface area contributed by atoms with E-state index in [-0.39, 0.29) is 6.04 Å². The molecule has 0 radical (unpaired) electrons. The molecule has 1 atom stereocenters. The molecule has 1 aromatic carbocycles. The van der Waals surface area contributed by atoms with Crippen LogP contribution in [0, 0.1) is 6.92 Å². The molecule has 0 aliphatic carbocycles. The van der Waals surface area contributed by atoms with Crippen LogP contribution in [0.5, 0.6) is 11.5 Å². The van der Waals surface area contributed by atoms with Gasteiger partial charge in [0.15, 0.2) is 0 Å². The molecule has 92 valence electrons. The maximum atomic E-state index is 6.02. The lowest BCUT2D eigenvalue weighted by Gasteiger charge is -2.15. The number of nitrogens with one attached hydrogen (secondary N) is 1. The van der Waals surface area contributed by atoms with Crippen molar-refractivity contribution < 1.29 is 9.47 Å². The number of hydrogen-bond acceptors (Lipinski definition) is 3. The fourth-order valence-corrected chi connectivity index (χ4v) is 2.23. The van der Waals surface area contributed by atoms with Gasteiger partial charge in [0, 0.05) is 29.3 Å². The topological polar surface area (TPSA) is 60.3 Å². The van der Waals surface area contributed by atoms with Gasteiger partial charge in [-0.2, -0.15) is 0 Å². The van der Waals surface area contributed by atoms with Crippen LogP contribution in [-0.2, 0) is 0 Å². The summed E-state index contributed by atoms with van der Waals surface area (Å²) in [5, 5.41) is 1.07. The van der Waals surface area contributed by atoms with E-state index in [1.807, 2.05) is 26.1 Å². The van der Waals surface area contributed by atoms with Crippen LogP contribution < -0.4 is 15.2 Å². The summed E-state index contributed by atoms with van der Waals surface area (Å²) in [6.07, 6.45) is 1.96. The fourth-order valence-electron chi connectivity index (χ4n) is 2.23. The number of benzene rings is 1. The van der Waals surface area contributed by atoms with Crippen molar-refractivity contribution in [2.45, 2.75) is 19.9 Å². The molecule has 0 saturated heterocycles. The van der Waals surface area contributed by atoms with Crippen molar-refractivity contribution in [3.63, 3.8) is 0 Å². The summed E-state index contributed by atoms with van der Waals surface area (Å²) in [6.45, 7) is 3.98. The predicted octanol–water partition coefficient (Wildman–Crippen LogP) is 2.51. The third-order valence-electron chi connectivity index (χ3n) is 3.02. The SMILES string of the molecule is COc1cc(OC)c2c(C)c[nH]c2c1C(C)N. The Hall–Kier alpha value is -1.68. The lowest BCUT2D eigenvalue weighted by molar-refractivity contribution is 0.393. The Labute approximate surface area is 101 Å². The maximum Gasteiger partial charge on any atom is 0.132 e. The minimum atomic E-state index is -0.101. The Balaban J connectivity index is 2.87. The minimum Gasteiger partial charge on any atom is -0.496 e. The van der Waals surface area contributed by atoms with E-state index < -0.39 is 0 Å². The second-order valence-corrected chi connectivity index (χ2v) is 4.21.